The number of carbonyl (C=O) groups excluding carboxylic acids is 2. The molecule has 0 N–H and O–H groups in total. The number of hydrogen-bond acceptors (Lipinski definition) is 4. The Balaban J connectivity index is 0.000000238. The third-order valence-corrected chi connectivity index (χ3v) is 2.58. The molecule has 0 aliphatic rings. The Hall–Kier alpha value is -3.01. The van der Waals surface area contributed by atoms with E-state index in [0.717, 1.165) is 29.8 Å². The molecule has 2 aromatic carbocycles. The summed E-state index contributed by atoms with van der Waals surface area (Å²) >= 11 is 0. The highest BCUT2D eigenvalue weighted by Crippen LogP contribution is 2.30. The van der Waals surface area contributed by atoms with Gasteiger partial charge in [0.1, 0.15) is 0 Å². The number of rotatable bonds is 2. The highest BCUT2D eigenvalue weighted by Gasteiger charge is 2.29. The predicted molar refractivity (Wildman–Crippen MR) is 78.2 cm³/mol. The average molecular weight is 320 g/mol. The van der Waals surface area contributed by atoms with Crippen molar-refractivity contribution in [1.29, 1.82) is 0 Å². The zero-order chi connectivity index (χ0) is 17.3. The predicted octanol–water partition coefficient (Wildman–Crippen LogP) is 4.64. The molecular weight excluding hydrogens is 309 g/mol. The first-order valence-corrected chi connectivity index (χ1v) is 6.26. The van der Waals surface area contributed by atoms with Crippen LogP contribution in [0.5, 0.6) is 0 Å². The molecule has 23 heavy (non-hydrogen) atoms. The largest absolute Gasteiger partial charge is 0.416 e. The van der Waals surface area contributed by atoms with Crippen molar-refractivity contribution in [3.05, 3.63) is 59.7 Å². The molecule has 4 nitrogen and oxygen atoms in total. The van der Waals surface area contributed by atoms with Gasteiger partial charge in [0.25, 0.3) is 0 Å². The van der Waals surface area contributed by atoms with Gasteiger partial charge in [0, 0.05) is 0 Å². The van der Waals surface area contributed by atoms with Gasteiger partial charge >= 0.3 is 6.18 Å². The first-order valence-electron chi connectivity index (χ1n) is 6.26. The van der Waals surface area contributed by atoms with E-state index in [-0.39, 0.29) is 5.69 Å². The summed E-state index contributed by atoms with van der Waals surface area (Å²) in [5.41, 5.74) is 1.20. The summed E-state index contributed by atoms with van der Waals surface area (Å²) in [6.45, 7) is 1.98. The van der Waals surface area contributed by atoms with Gasteiger partial charge < -0.3 is 0 Å². The average Bonchev–Trinajstić information content (AvgIpc) is 2.51. The molecule has 0 radical (unpaired) electrons. The fourth-order valence-corrected chi connectivity index (χ4v) is 1.45. The van der Waals surface area contributed by atoms with Crippen molar-refractivity contribution < 1.29 is 22.8 Å². The zero-order valence-electron chi connectivity index (χ0n) is 12.0. The maximum atomic E-state index is 12.0. The van der Waals surface area contributed by atoms with E-state index in [9.17, 15) is 22.8 Å². The van der Waals surface area contributed by atoms with E-state index in [4.69, 9.17) is 0 Å². The second kappa shape index (κ2) is 8.44. The van der Waals surface area contributed by atoms with Crippen LogP contribution in [0.2, 0.25) is 0 Å². The molecule has 2 aromatic rings. The number of benzene rings is 2. The maximum Gasteiger partial charge on any atom is 0.416 e. The van der Waals surface area contributed by atoms with E-state index < -0.39 is 11.7 Å². The van der Waals surface area contributed by atoms with E-state index in [1.807, 2.05) is 19.1 Å². The van der Waals surface area contributed by atoms with Crippen LogP contribution in [0.4, 0.5) is 24.5 Å². The van der Waals surface area contributed by atoms with Gasteiger partial charge in [0.05, 0.1) is 16.9 Å². The lowest BCUT2D eigenvalue weighted by Crippen LogP contribution is -2.03. The zero-order valence-corrected chi connectivity index (χ0v) is 12.0. The van der Waals surface area contributed by atoms with Crippen molar-refractivity contribution in [3.63, 3.8) is 0 Å². The lowest BCUT2D eigenvalue weighted by atomic mass is 10.2. The number of aryl methyl sites for hydroxylation is 1. The molecule has 0 fully saturated rings. The quantitative estimate of drug-likeness (QED) is 0.598. The Morgan fingerprint density at radius 2 is 1.17 bits per heavy atom. The number of isocyanates is 2. The Bertz CT molecular complexity index is 725. The molecule has 0 spiro atoms. The van der Waals surface area contributed by atoms with Crippen LogP contribution in [0.3, 0.4) is 0 Å². The topological polar surface area (TPSA) is 58.9 Å². The van der Waals surface area contributed by atoms with Crippen molar-refractivity contribution in [2.24, 2.45) is 9.98 Å². The molecule has 0 aliphatic heterocycles. The highest BCUT2D eigenvalue weighted by molar-refractivity contribution is 5.49. The van der Waals surface area contributed by atoms with Gasteiger partial charge in [-0.2, -0.15) is 23.2 Å². The van der Waals surface area contributed by atoms with E-state index in [1.165, 1.54) is 12.2 Å². The second-order valence-electron chi connectivity index (χ2n) is 4.29. The van der Waals surface area contributed by atoms with E-state index in [0.29, 0.717) is 5.69 Å². The molecule has 118 valence electrons. The first-order chi connectivity index (χ1) is 10.9. The van der Waals surface area contributed by atoms with Crippen LogP contribution in [0.1, 0.15) is 11.1 Å². The smallest absolute Gasteiger partial charge is 0.211 e. The number of hydrogen-bond donors (Lipinski definition) is 0. The van der Waals surface area contributed by atoms with Crippen LogP contribution in [-0.2, 0) is 15.8 Å². The third-order valence-electron chi connectivity index (χ3n) is 2.58. The van der Waals surface area contributed by atoms with Crippen molar-refractivity contribution in [1.82, 2.24) is 0 Å². The fourth-order valence-electron chi connectivity index (χ4n) is 1.45. The Kier molecular flexibility index (Phi) is 6.62. The van der Waals surface area contributed by atoms with Gasteiger partial charge in [-0.3, -0.25) is 0 Å². The van der Waals surface area contributed by atoms with Crippen LogP contribution in [0.15, 0.2) is 58.5 Å². The van der Waals surface area contributed by atoms with Crippen molar-refractivity contribution in [2.75, 3.05) is 0 Å². The molecule has 0 heterocycles. The van der Waals surface area contributed by atoms with E-state index in [2.05, 4.69) is 9.98 Å². The Morgan fingerprint density at radius 1 is 0.783 bits per heavy atom. The van der Waals surface area contributed by atoms with Crippen LogP contribution in [0.25, 0.3) is 0 Å². The first kappa shape index (κ1) is 18.0. The maximum absolute atomic E-state index is 12.0. The highest BCUT2D eigenvalue weighted by atomic mass is 19.4. The Labute approximate surface area is 130 Å². The lowest BCUT2D eigenvalue weighted by Gasteiger charge is -2.04. The van der Waals surface area contributed by atoms with Crippen LogP contribution < -0.4 is 0 Å². The van der Waals surface area contributed by atoms with Crippen molar-refractivity contribution >= 4 is 23.5 Å². The molecule has 0 aliphatic carbocycles. The monoisotopic (exact) mass is 320 g/mol. The van der Waals surface area contributed by atoms with Gasteiger partial charge in [-0.15, -0.1) is 0 Å². The standard InChI is InChI=1S/C8H4F3NO.C8H7NO/c9-8(10,11)6-1-3-7(4-2-6)12-5-13;1-7-2-4-8(5-3-7)9-6-10/h1-4H;2-5H,1H3. The third kappa shape index (κ3) is 6.52. The summed E-state index contributed by atoms with van der Waals surface area (Å²) < 4.78 is 36.0. The number of halogens is 3. The normalized spacial score (nSPS) is 9.74. The van der Waals surface area contributed by atoms with E-state index in [1.54, 1.807) is 12.1 Å². The molecule has 7 heteroatoms. The van der Waals surface area contributed by atoms with Crippen molar-refractivity contribution in [3.8, 4) is 0 Å². The lowest BCUT2D eigenvalue weighted by molar-refractivity contribution is -0.137. The molecule has 0 amide bonds. The molecule has 0 unspecified atom stereocenters. The summed E-state index contributed by atoms with van der Waals surface area (Å²) in [7, 11) is 0. The number of aliphatic imine (C=N–C) groups is 2. The summed E-state index contributed by atoms with van der Waals surface area (Å²) in [6, 6.07) is 11.3. The summed E-state index contributed by atoms with van der Waals surface area (Å²) in [5.74, 6) is 0. The molecule has 0 bridgehead atoms. The van der Waals surface area contributed by atoms with Gasteiger partial charge in [-0.1, -0.05) is 17.7 Å². The molecule has 0 aromatic heterocycles. The van der Waals surface area contributed by atoms with Gasteiger partial charge in [0.15, 0.2) is 0 Å². The molecule has 2 rings (SSSR count). The molecule has 0 saturated carbocycles. The number of nitrogens with zero attached hydrogens (tertiary/aromatic N) is 2. The Morgan fingerprint density at radius 3 is 1.52 bits per heavy atom. The van der Waals surface area contributed by atoms with Crippen molar-refractivity contribution in [2.45, 2.75) is 13.1 Å². The minimum atomic E-state index is -4.36. The van der Waals surface area contributed by atoms with Gasteiger partial charge in [-0.05, 0) is 43.3 Å². The fraction of sp³-hybridized carbons (Fsp3) is 0.125. The summed E-state index contributed by atoms with van der Waals surface area (Å²) in [4.78, 5) is 26.1. The van der Waals surface area contributed by atoms with Crippen LogP contribution in [-0.4, -0.2) is 12.2 Å². The van der Waals surface area contributed by atoms with Crippen LogP contribution >= 0.6 is 0 Å². The second-order valence-corrected chi connectivity index (χ2v) is 4.29. The SMILES string of the molecule is Cc1ccc(N=C=O)cc1.O=C=Nc1ccc(C(F)(F)F)cc1. The van der Waals surface area contributed by atoms with E-state index >= 15 is 0 Å². The minimum Gasteiger partial charge on any atom is -0.211 e. The van der Waals surface area contributed by atoms with Crippen LogP contribution in [0, 0.1) is 6.92 Å². The minimum absolute atomic E-state index is 0.156. The summed E-state index contributed by atoms with van der Waals surface area (Å²) in [5, 5.41) is 0. The number of alkyl halides is 3. The summed E-state index contributed by atoms with van der Waals surface area (Å²) in [6.07, 6.45) is -1.64. The molecule has 0 saturated heterocycles. The van der Waals surface area contributed by atoms with Gasteiger partial charge in [-0.25, -0.2) is 9.59 Å². The molecular formula is C16H11F3N2O2. The molecule has 0 atom stereocenters. The van der Waals surface area contributed by atoms with Gasteiger partial charge in [0.2, 0.25) is 12.2 Å².